The van der Waals surface area contributed by atoms with Crippen LogP contribution >= 0.6 is 15.9 Å². The summed E-state index contributed by atoms with van der Waals surface area (Å²) in [6, 6.07) is -0.226. The quantitative estimate of drug-likeness (QED) is 0.532. The summed E-state index contributed by atoms with van der Waals surface area (Å²) in [5, 5.41) is 3.75. The molecule has 35 heavy (non-hydrogen) atoms. The van der Waals surface area contributed by atoms with E-state index >= 15 is 0 Å². The predicted molar refractivity (Wildman–Crippen MR) is 125 cm³/mol. The first-order valence-corrected chi connectivity index (χ1v) is 12.2. The minimum Gasteiger partial charge on any atom is -0.366 e. The zero-order chi connectivity index (χ0) is 25.2. The third kappa shape index (κ3) is 5.97. The summed E-state index contributed by atoms with van der Waals surface area (Å²) in [6.45, 7) is 3.79. The van der Waals surface area contributed by atoms with Crippen molar-refractivity contribution in [1.82, 2.24) is 20.3 Å². The van der Waals surface area contributed by atoms with Crippen molar-refractivity contribution in [2.75, 3.05) is 31.1 Å². The number of hydrogen-bond donors (Lipinski definition) is 1. The van der Waals surface area contributed by atoms with E-state index in [4.69, 9.17) is 4.74 Å². The van der Waals surface area contributed by atoms with Crippen LogP contribution in [-0.2, 0) is 20.5 Å². The van der Waals surface area contributed by atoms with Gasteiger partial charge in [0.25, 0.3) is 11.8 Å². The van der Waals surface area contributed by atoms with Gasteiger partial charge in [-0.2, -0.15) is 18.3 Å². The fraction of sp³-hybridized carbons (Fsp3) is 0.619. The first-order chi connectivity index (χ1) is 16.6. The first kappa shape index (κ1) is 25.5. The Morgan fingerprint density at radius 2 is 1.94 bits per heavy atom. The summed E-state index contributed by atoms with van der Waals surface area (Å²) in [7, 11) is 0. The van der Waals surface area contributed by atoms with Gasteiger partial charge in [-0.3, -0.25) is 14.6 Å². The van der Waals surface area contributed by atoms with Crippen LogP contribution in [0.2, 0.25) is 0 Å². The fourth-order valence-corrected chi connectivity index (χ4v) is 4.63. The molecule has 3 atom stereocenters. The Labute approximate surface area is 208 Å². The zero-order valence-corrected chi connectivity index (χ0v) is 20.5. The molecule has 0 bridgehead atoms. The van der Waals surface area contributed by atoms with E-state index in [1.807, 2.05) is 16.7 Å². The largest absolute Gasteiger partial charge is 0.434 e. The molecule has 0 spiro atoms. The van der Waals surface area contributed by atoms with Gasteiger partial charge in [-0.15, -0.1) is 0 Å². The van der Waals surface area contributed by atoms with E-state index in [1.165, 1.54) is 6.21 Å². The SMILES string of the molecule is C[C@@H](COC1CCN(C2CCN(c3cnc(C(F)(F)F)cn3)CC2)C1=O)N=C1C=NNC(=O)C1Br. The van der Waals surface area contributed by atoms with Crippen molar-refractivity contribution in [2.45, 2.75) is 55.4 Å². The summed E-state index contributed by atoms with van der Waals surface area (Å²) in [5.41, 5.74) is 1.82. The van der Waals surface area contributed by atoms with Crippen LogP contribution in [0.25, 0.3) is 0 Å². The van der Waals surface area contributed by atoms with Crippen molar-refractivity contribution in [3.63, 3.8) is 0 Å². The average molecular weight is 560 g/mol. The lowest BCUT2D eigenvalue weighted by Crippen LogP contribution is -2.47. The molecule has 10 nitrogen and oxygen atoms in total. The molecule has 0 aromatic carbocycles. The highest BCUT2D eigenvalue weighted by Crippen LogP contribution is 2.29. The minimum absolute atomic E-state index is 0.0403. The Kier molecular flexibility index (Phi) is 7.69. The second-order valence-corrected chi connectivity index (χ2v) is 9.53. The number of ether oxygens (including phenoxy) is 1. The second kappa shape index (κ2) is 10.6. The molecule has 3 aliphatic rings. The maximum atomic E-state index is 12.9. The number of anilines is 1. The third-order valence-electron chi connectivity index (χ3n) is 6.12. The Morgan fingerprint density at radius 3 is 2.60 bits per heavy atom. The molecule has 190 valence electrons. The maximum absolute atomic E-state index is 12.9. The highest BCUT2D eigenvalue weighted by molar-refractivity contribution is 9.10. The van der Waals surface area contributed by atoms with Gasteiger partial charge in [-0.1, -0.05) is 15.9 Å². The van der Waals surface area contributed by atoms with Crippen molar-refractivity contribution in [1.29, 1.82) is 0 Å². The molecule has 4 rings (SSSR count). The topological polar surface area (TPSA) is 112 Å². The van der Waals surface area contributed by atoms with Crippen LogP contribution in [0.5, 0.6) is 0 Å². The number of rotatable bonds is 6. The number of aromatic nitrogens is 2. The van der Waals surface area contributed by atoms with E-state index in [2.05, 4.69) is 41.4 Å². The Bertz CT molecular complexity index is 997. The number of amides is 2. The number of likely N-dealkylation sites (tertiary alicyclic amines) is 1. The van der Waals surface area contributed by atoms with Gasteiger partial charge in [-0.25, -0.2) is 15.4 Å². The number of aliphatic imine (C=N–C) groups is 1. The fourth-order valence-electron chi connectivity index (χ4n) is 4.29. The molecule has 1 N–H and O–H groups in total. The maximum Gasteiger partial charge on any atom is 0.434 e. The van der Waals surface area contributed by atoms with Gasteiger partial charge in [0, 0.05) is 32.1 Å². The first-order valence-electron chi connectivity index (χ1n) is 11.2. The molecule has 3 aliphatic heterocycles. The Balaban J connectivity index is 1.25. The molecular formula is C21H25BrF3N7O3. The van der Waals surface area contributed by atoms with Gasteiger partial charge in [-0.05, 0) is 19.8 Å². The summed E-state index contributed by atoms with van der Waals surface area (Å²) in [5.74, 6) is 0.0409. The minimum atomic E-state index is -4.52. The van der Waals surface area contributed by atoms with Crippen LogP contribution in [0.15, 0.2) is 22.5 Å². The number of carbonyl (C=O) groups is 2. The van der Waals surface area contributed by atoms with E-state index in [9.17, 15) is 22.8 Å². The molecule has 4 heterocycles. The number of halogens is 4. The van der Waals surface area contributed by atoms with Gasteiger partial charge in [0.2, 0.25) is 0 Å². The molecule has 0 aliphatic carbocycles. The zero-order valence-electron chi connectivity index (χ0n) is 18.9. The van der Waals surface area contributed by atoms with Crippen molar-refractivity contribution in [3.05, 3.63) is 18.1 Å². The number of hydrazone groups is 1. The Hall–Kier alpha value is -2.61. The number of piperidine rings is 1. The number of carbonyl (C=O) groups excluding carboxylic acids is 2. The number of nitrogens with one attached hydrogen (secondary N) is 1. The van der Waals surface area contributed by atoms with Crippen LogP contribution in [0.3, 0.4) is 0 Å². The van der Waals surface area contributed by atoms with E-state index in [-0.39, 0.29) is 30.5 Å². The average Bonchev–Trinajstić information content (AvgIpc) is 3.20. The molecule has 14 heteroatoms. The van der Waals surface area contributed by atoms with Gasteiger partial charge in [0.05, 0.1) is 37.0 Å². The third-order valence-corrected chi connectivity index (χ3v) is 7.00. The predicted octanol–water partition coefficient (Wildman–Crippen LogP) is 1.79. The van der Waals surface area contributed by atoms with Gasteiger partial charge >= 0.3 is 6.18 Å². The standard InChI is InChI=1S/C21H25BrF3N7O3/c1-12(29-14-8-28-30-19(33)18(14)22)11-35-15-4-7-32(20(15)34)13-2-5-31(6-3-13)17-10-26-16(9-27-17)21(23,24)25/h8-10,12-13,15,18H,2-7,11H2,1H3,(H,30,33)/t12-,15?,18?/m0/s1. The second-order valence-electron chi connectivity index (χ2n) is 8.62. The van der Waals surface area contributed by atoms with Gasteiger partial charge in [0.1, 0.15) is 16.7 Å². The lowest BCUT2D eigenvalue weighted by Gasteiger charge is -2.37. The highest BCUT2D eigenvalue weighted by Gasteiger charge is 2.38. The van der Waals surface area contributed by atoms with Crippen LogP contribution in [0.4, 0.5) is 19.0 Å². The highest BCUT2D eigenvalue weighted by atomic mass is 79.9. The monoisotopic (exact) mass is 559 g/mol. The van der Waals surface area contributed by atoms with Crippen molar-refractivity contribution in [3.8, 4) is 0 Å². The summed E-state index contributed by atoms with van der Waals surface area (Å²) < 4.78 is 43.9. The summed E-state index contributed by atoms with van der Waals surface area (Å²) >= 11 is 3.27. The molecule has 0 radical (unpaired) electrons. The van der Waals surface area contributed by atoms with Gasteiger partial charge < -0.3 is 14.5 Å². The number of hydrogen-bond acceptors (Lipinski definition) is 8. The summed E-state index contributed by atoms with van der Waals surface area (Å²) in [4.78, 5) is 39.5. The smallest absolute Gasteiger partial charge is 0.366 e. The normalized spacial score (nSPS) is 25.9. The number of alkyl halides is 4. The van der Waals surface area contributed by atoms with Gasteiger partial charge in [0.15, 0.2) is 5.69 Å². The molecule has 2 saturated heterocycles. The van der Waals surface area contributed by atoms with Crippen molar-refractivity contribution >= 4 is 45.5 Å². The van der Waals surface area contributed by atoms with Crippen LogP contribution < -0.4 is 10.3 Å². The molecule has 1 aromatic rings. The molecule has 1 aromatic heterocycles. The lowest BCUT2D eigenvalue weighted by molar-refractivity contribution is -0.141. The Morgan fingerprint density at radius 1 is 1.20 bits per heavy atom. The van der Waals surface area contributed by atoms with Crippen molar-refractivity contribution in [2.24, 2.45) is 10.1 Å². The summed E-state index contributed by atoms with van der Waals surface area (Å²) in [6.07, 6.45) is 0.238. The molecular weight excluding hydrogens is 535 g/mol. The molecule has 0 saturated carbocycles. The lowest BCUT2D eigenvalue weighted by atomic mass is 10.0. The van der Waals surface area contributed by atoms with E-state index in [0.29, 0.717) is 50.4 Å². The van der Waals surface area contributed by atoms with Crippen LogP contribution in [0, 0.1) is 0 Å². The van der Waals surface area contributed by atoms with Crippen molar-refractivity contribution < 1.29 is 27.5 Å². The molecule has 2 unspecified atom stereocenters. The number of nitrogens with zero attached hydrogens (tertiary/aromatic N) is 6. The van der Waals surface area contributed by atoms with Crippen LogP contribution in [0.1, 0.15) is 31.9 Å². The van der Waals surface area contributed by atoms with E-state index in [0.717, 1.165) is 12.4 Å². The van der Waals surface area contributed by atoms with E-state index in [1.54, 1.807) is 0 Å². The van der Waals surface area contributed by atoms with Crippen LogP contribution in [-0.4, -0.2) is 87.9 Å². The van der Waals surface area contributed by atoms with E-state index < -0.39 is 22.8 Å². The molecule has 2 fully saturated rings. The molecule has 2 amide bonds.